The van der Waals surface area contributed by atoms with Crippen molar-refractivity contribution in [2.75, 3.05) is 5.32 Å². The highest BCUT2D eigenvalue weighted by Crippen LogP contribution is 2.26. The Morgan fingerprint density at radius 1 is 1.23 bits per heavy atom. The van der Waals surface area contributed by atoms with Crippen LogP contribution in [0.15, 0.2) is 42.7 Å². The number of nitrogens with one attached hydrogen (secondary N) is 3. The molecule has 0 atom stereocenters. The molecule has 0 fully saturated rings. The lowest BCUT2D eigenvalue weighted by molar-refractivity contribution is -0.116. The van der Waals surface area contributed by atoms with Crippen molar-refractivity contribution in [1.29, 1.82) is 0 Å². The Morgan fingerprint density at radius 2 is 2.10 bits per heavy atom. The van der Waals surface area contributed by atoms with Gasteiger partial charge in [-0.05, 0) is 49.1 Å². The molecule has 4 rings (SSSR count). The molecule has 8 heteroatoms. The first kappa shape index (κ1) is 19.6. The maximum Gasteiger partial charge on any atom is 0.268 e. The number of rotatable bonds is 6. The number of hydrogen-bond acceptors (Lipinski definition) is 4. The van der Waals surface area contributed by atoms with Crippen LogP contribution in [0.25, 0.3) is 0 Å². The SMILES string of the molecule is Cc1c(C(=O)NCc2cccc(NC(=O)Cn3cccn3)c2)[nH]c2c1C(=O)CCC2. The van der Waals surface area contributed by atoms with Crippen LogP contribution in [0.1, 0.15) is 50.5 Å². The van der Waals surface area contributed by atoms with Gasteiger partial charge < -0.3 is 15.6 Å². The summed E-state index contributed by atoms with van der Waals surface area (Å²) < 4.78 is 1.54. The van der Waals surface area contributed by atoms with E-state index in [9.17, 15) is 14.4 Å². The maximum absolute atomic E-state index is 12.7. The highest BCUT2D eigenvalue weighted by Gasteiger charge is 2.26. The Kier molecular flexibility index (Phi) is 5.47. The van der Waals surface area contributed by atoms with Crippen molar-refractivity contribution in [3.8, 4) is 0 Å². The van der Waals surface area contributed by atoms with Crippen LogP contribution < -0.4 is 10.6 Å². The number of benzene rings is 1. The number of aryl methyl sites for hydroxylation is 1. The smallest absolute Gasteiger partial charge is 0.268 e. The lowest BCUT2D eigenvalue weighted by atomic mass is 9.94. The van der Waals surface area contributed by atoms with Crippen LogP contribution in [0.5, 0.6) is 0 Å². The molecule has 30 heavy (non-hydrogen) atoms. The van der Waals surface area contributed by atoms with Crippen molar-refractivity contribution in [3.63, 3.8) is 0 Å². The third kappa shape index (κ3) is 4.17. The molecule has 0 saturated heterocycles. The summed E-state index contributed by atoms with van der Waals surface area (Å²) in [7, 11) is 0. The van der Waals surface area contributed by atoms with E-state index in [2.05, 4.69) is 20.7 Å². The Morgan fingerprint density at radius 3 is 2.87 bits per heavy atom. The summed E-state index contributed by atoms with van der Waals surface area (Å²) in [5, 5.41) is 9.73. The second kappa shape index (κ2) is 8.36. The van der Waals surface area contributed by atoms with Gasteiger partial charge in [0, 0.05) is 42.3 Å². The topological polar surface area (TPSA) is 109 Å². The summed E-state index contributed by atoms with van der Waals surface area (Å²) in [5.74, 6) is -0.331. The Bertz CT molecular complexity index is 1100. The number of hydrogen-bond donors (Lipinski definition) is 3. The van der Waals surface area contributed by atoms with Crippen molar-refractivity contribution < 1.29 is 14.4 Å². The number of H-pyrrole nitrogens is 1. The summed E-state index contributed by atoms with van der Waals surface area (Å²) in [6, 6.07) is 9.06. The van der Waals surface area contributed by atoms with Crippen LogP contribution in [0.3, 0.4) is 0 Å². The zero-order chi connectivity index (χ0) is 21.1. The van der Waals surface area contributed by atoms with Crippen LogP contribution in [-0.2, 0) is 24.3 Å². The van der Waals surface area contributed by atoms with Gasteiger partial charge in [-0.3, -0.25) is 19.1 Å². The number of nitrogens with zero attached hydrogens (tertiary/aromatic N) is 2. The fraction of sp³-hybridized carbons (Fsp3) is 0.273. The highest BCUT2D eigenvalue weighted by molar-refractivity contribution is 6.04. The first-order valence-electron chi connectivity index (χ1n) is 9.90. The molecule has 0 bridgehead atoms. The minimum atomic E-state index is -0.247. The first-order chi connectivity index (χ1) is 14.5. The number of amides is 2. The molecule has 0 aliphatic heterocycles. The van der Waals surface area contributed by atoms with Crippen molar-refractivity contribution in [2.24, 2.45) is 0 Å². The van der Waals surface area contributed by atoms with E-state index in [1.165, 1.54) is 0 Å². The fourth-order valence-corrected chi connectivity index (χ4v) is 3.77. The van der Waals surface area contributed by atoms with Crippen LogP contribution in [0.4, 0.5) is 5.69 Å². The minimum absolute atomic E-state index is 0.0996. The quantitative estimate of drug-likeness (QED) is 0.586. The normalized spacial score (nSPS) is 13.0. The molecule has 154 valence electrons. The Labute approximate surface area is 173 Å². The van der Waals surface area contributed by atoms with Crippen molar-refractivity contribution in [2.45, 2.75) is 39.3 Å². The molecular formula is C22H23N5O3. The van der Waals surface area contributed by atoms with Gasteiger partial charge in [-0.25, -0.2) is 0 Å². The average Bonchev–Trinajstić information content (AvgIpc) is 3.35. The number of anilines is 1. The molecular weight excluding hydrogens is 382 g/mol. The van der Waals surface area contributed by atoms with E-state index in [0.717, 1.165) is 24.1 Å². The molecule has 2 amide bonds. The van der Waals surface area contributed by atoms with Gasteiger partial charge in [0.2, 0.25) is 5.91 Å². The molecule has 0 spiro atoms. The van der Waals surface area contributed by atoms with Gasteiger partial charge in [0.1, 0.15) is 12.2 Å². The van der Waals surface area contributed by atoms with Crippen LogP contribution in [0.2, 0.25) is 0 Å². The number of fused-ring (bicyclic) bond motifs is 1. The summed E-state index contributed by atoms with van der Waals surface area (Å²) >= 11 is 0. The Balaban J connectivity index is 1.38. The third-order valence-electron chi connectivity index (χ3n) is 5.19. The second-order valence-electron chi connectivity index (χ2n) is 7.39. The molecule has 8 nitrogen and oxygen atoms in total. The zero-order valence-corrected chi connectivity index (χ0v) is 16.7. The molecule has 2 heterocycles. The summed E-state index contributed by atoms with van der Waals surface area (Å²) in [5.41, 5.74) is 4.19. The van der Waals surface area contributed by atoms with Gasteiger partial charge in [0.25, 0.3) is 5.91 Å². The van der Waals surface area contributed by atoms with E-state index in [0.29, 0.717) is 35.5 Å². The van der Waals surface area contributed by atoms with Gasteiger partial charge in [-0.15, -0.1) is 0 Å². The molecule has 1 aliphatic carbocycles. The maximum atomic E-state index is 12.7. The lowest BCUT2D eigenvalue weighted by Gasteiger charge is -2.09. The number of carbonyl (C=O) groups excluding carboxylic acids is 3. The molecule has 2 aromatic heterocycles. The van der Waals surface area contributed by atoms with Gasteiger partial charge >= 0.3 is 0 Å². The molecule has 1 aliphatic rings. The van der Waals surface area contributed by atoms with Crippen molar-refractivity contribution in [1.82, 2.24) is 20.1 Å². The second-order valence-corrected chi connectivity index (χ2v) is 7.39. The Hall–Kier alpha value is -3.68. The standard InChI is InChI=1S/C22H23N5O3/c1-14-20-17(7-3-8-18(20)28)26-21(14)22(30)23-12-15-5-2-6-16(11-15)25-19(29)13-27-10-4-9-24-27/h2,4-6,9-11,26H,3,7-8,12-13H2,1H3,(H,23,30)(H,25,29). The summed E-state index contributed by atoms with van der Waals surface area (Å²) in [4.78, 5) is 40.1. The molecule has 1 aromatic carbocycles. The fourth-order valence-electron chi connectivity index (χ4n) is 3.77. The molecule has 0 saturated carbocycles. The predicted molar refractivity (Wildman–Crippen MR) is 111 cm³/mol. The van der Waals surface area contributed by atoms with Crippen LogP contribution >= 0.6 is 0 Å². The van der Waals surface area contributed by atoms with E-state index >= 15 is 0 Å². The third-order valence-corrected chi connectivity index (χ3v) is 5.19. The first-order valence-corrected chi connectivity index (χ1v) is 9.90. The molecule has 0 unspecified atom stereocenters. The van der Waals surface area contributed by atoms with Crippen molar-refractivity contribution >= 4 is 23.3 Å². The van der Waals surface area contributed by atoms with E-state index in [1.807, 2.05) is 25.1 Å². The van der Waals surface area contributed by atoms with Gasteiger partial charge in [-0.2, -0.15) is 5.10 Å². The van der Waals surface area contributed by atoms with Crippen LogP contribution in [-0.4, -0.2) is 32.4 Å². The number of Topliss-reactive ketones (excluding diaryl/α,β-unsaturated/α-hetero) is 1. The lowest BCUT2D eigenvalue weighted by Crippen LogP contribution is -2.24. The van der Waals surface area contributed by atoms with E-state index in [-0.39, 0.29) is 24.1 Å². The molecule has 0 radical (unpaired) electrons. The van der Waals surface area contributed by atoms with E-state index in [1.54, 1.807) is 29.2 Å². The minimum Gasteiger partial charge on any atom is -0.354 e. The predicted octanol–water partition coefficient (Wildman–Crippen LogP) is 2.61. The molecule has 3 N–H and O–H groups in total. The van der Waals surface area contributed by atoms with E-state index < -0.39 is 0 Å². The van der Waals surface area contributed by atoms with Crippen LogP contribution in [0, 0.1) is 6.92 Å². The number of ketones is 1. The highest BCUT2D eigenvalue weighted by atomic mass is 16.2. The van der Waals surface area contributed by atoms with Gasteiger partial charge in [0.05, 0.1) is 0 Å². The van der Waals surface area contributed by atoms with E-state index in [4.69, 9.17) is 0 Å². The molecule has 3 aromatic rings. The monoisotopic (exact) mass is 405 g/mol. The summed E-state index contributed by atoms with van der Waals surface area (Å²) in [6.07, 6.45) is 5.47. The van der Waals surface area contributed by atoms with Gasteiger partial charge in [0.15, 0.2) is 5.78 Å². The number of aromatic amines is 1. The average molecular weight is 405 g/mol. The number of aromatic nitrogens is 3. The number of carbonyl (C=O) groups is 3. The van der Waals surface area contributed by atoms with Gasteiger partial charge in [-0.1, -0.05) is 12.1 Å². The summed E-state index contributed by atoms with van der Waals surface area (Å²) in [6.45, 7) is 2.24. The van der Waals surface area contributed by atoms with Crippen molar-refractivity contribution in [3.05, 3.63) is 70.8 Å². The zero-order valence-electron chi connectivity index (χ0n) is 16.7. The largest absolute Gasteiger partial charge is 0.354 e.